The van der Waals surface area contributed by atoms with Gasteiger partial charge in [0.25, 0.3) is 0 Å². The van der Waals surface area contributed by atoms with Gasteiger partial charge in [-0.3, -0.25) is 4.79 Å². The number of rotatable bonds is 4. The van der Waals surface area contributed by atoms with Crippen molar-refractivity contribution in [1.29, 1.82) is 0 Å². The van der Waals surface area contributed by atoms with E-state index in [1.165, 1.54) is 18.3 Å². The zero-order valence-corrected chi connectivity index (χ0v) is 16.0. The van der Waals surface area contributed by atoms with Crippen LogP contribution in [0.3, 0.4) is 0 Å². The number of Topliss-reactive ketones (excluding diaryl/α,β-unsaturated/α-hetero) is 1. The van der Waals surface area contributed by atoms with Crippen molar-refractivity contribution in [3.8, 4) is 12.3 Å². The number of fused-ring (bicyclic) bond motifs is 1. The molecule has 1 unspecified atom stereocenters. The third-order valence-corrected chi connectivity index (χ3v) is 5.23. The van der Waals surface area contributed by atoms with Crippen LogP contribution < -0.4 is 4.90 Å². The average Bonchev–Trinajstić information content (AvgIpc) is 3.15. The molecule has 0 saturated heterocycles. The van der Waals surface area contributed by atoms with Crippen LogP contribution in [0.25, 0.3) is 0 Å². The van der Waals surface area contributed by atoms with E-state index in [4.69, 9.17) is 11.2 Å². The summed E-state index contributed by atoms with van der Waals surface area (Å²) in [6.07, 6.45) is 8.84. The number of ether oxygens (including phenoxy) is 1. The number of allylic oxidation sites excluding steroid dienone is 2. The van der Waals surface area contributed by atoms with Crippen molar-refractivity contribution < 1.29 is 18.7 Å². The SMILES string of the molecule is C#CCN1C2=C(C(=O)CCC2)C(c2ccc(F)cc2)n2ncc(C(=O)OCC)c21. The number of carbonyl (C=O) groups is 2. The highest BCUT2D eigenvalue weighted by Gasteiger charge is 2.41. The minimum Gasteiger partial charge on any atom is -0.462 e. The molecule has 0 N–H and O–H groups in total. The molecule has 0 bridgehead atoms. The summed E-state index contributed by atoms with van der Waals surface area (Å²) < 4.78 is 20.3. The minimum absolute atomic E-state index is 0.0152. The summed E-state index contributed by atoms with van der Waals surface area (Å²) >= 11 is 0. The van der Waals surface area contributed by atoms with Crippen LogP contribution in [0.2, 0.25) is 0 Å². The smallest absolute Gasteiger partial charge is 0.343 e. The highest BCUT2D eigenvalue weighted by molar-refractivity contribution is 6.01. The summed E-state index contributed by atoms with van der Waals surface area (Å²) in [5.41, 5.74) is 2.41. The van der Waals surface area contributed by atoms with Crippen LogP contribution >= 0.6 is 0 Å². The van der Waals surface area contributed by atoms with E-state index in [9.17, 15) is 14.0 Å². The van der Waals surface area contributed by atoms with E-state index >= 15 is 0 Å². The summed E-state index contributed by atoms with van der Waals surface area (Å²) in [6, 6.07) is 5.43. The molecule has 1 aliphatic carbocycles. The van der Waals surface area contributed by atoms with Gasteiger partial charge in [0.05, 0.1) is 19.3 Å². The molecule has 0 radical (unpaired) electrons. The number of anilines is 1. The highest BCUT2D eigenvalue weighted by atomic mass is 19.1. The lowest BCUT2D eigenvalue weighted by atomic mass is 9.84. The van der Waals surface area contributed by atoms with Gasteiger partial charge in [0.15, 0.2) is 5.78 Å². The van der Waals surface area contributed by atoms with E-state index in [0.717, 1.165) is 5.70 Å². The molecular weight excluding hydrogens is 373 g/mol. The maximum absolute atomic E-state index is 13.5. The Balaban J connectivity index is 1.96. The Bertz CT molecular complexity index is 1050. The van der Waals surface area contributed by atoms with Gasteiger partial charge < -0.3 is 9.64 Å². The fourth-order valence-corrected chi connectivity index (χ4v) is 4.07. The van der Waals surface area contributed by atoms with Crippen LogP contribution in [0.15, 0.2) is 41.7 Å². The lowest BCUT2D eigenvalue weighted by Crippen LogP contribution is -2.39. The first-order valence-electron chi connectivity index (χ1n) is 9.54. The molecule has 148 valence electrons. The zero-order chi connectivity index (χ0) is 20.5. The summed E-state index contributed by atoms with van der Waals surface area (Å²) in [4.78, 5) is 27.3. The fourth-order valence-electron chi connectivity index (χ4n) is 4.07. The first-order valence-corrected chi connectivity index (χ1v) is 9.54. The van der Waals surface area contributed by atoms with Crippen molar-refractivity contribution in [3.63, 3.8) is 0 Å². The van der Waals surface area contributed by atoms with Crippen LogP contribution in [-0.4, -0.2) is 34.7 Å². The Morgan fingerprint density at radius 3 is 2.79 bits per heavy atom. The van der Waals surface area contributed by atoms with Crippen molar-refractivity contribution >= 4 is 17.6 Å². The molecule has 0 amide bonds. The second-order valence-electron chi connectivity index (χ2n) is 6.93. The number of benzene rings is 1. The van der Waals surface area contributed by atoms with Gasteiger partial charge in [0, 0.05) is 17.7 Å². The molecular formula is C22H20FN3O3. The predicted octanol–water partition coefficient (Wildman–Crippen LogP) is 3.25. The van der Waals surface area contributed by atoms with Gasteiger partial charge in [-0.25, -0.2) is 13.9 Å². The molecule has 1 aliphatic heterocycles. The van der Waals surface area contributed by atoms with Crippen molar-refractivity contribution in [2.24, 2.45) is 0 Å². The number of terminal acetylenes is 1. The second kappa shape index (κ2) is 7.55. The minimum atomic E-state index is -0.550. The normalized spacial score (nSPS) is 18.2. The molecule has 1 aromatic heterocycles. The number of hydrogen-bond donors (Lipinski definition) is 0. The molecule has 2 heterocycles. The van der Waals surface area contributed by atoms with E-state index in [2.05, 4.69) is 11.0 Å². The fraction of sp³-hybridized carbons (Fsp3) is 0.318. The molecule has 0 saturated carbocycles. The van der Waals surface area contributed by atoms with Crippen molar-refractivity contribution in [2.45, 2.75) is 32.2 Å². The molecule has 29 heavy (non-hydrogen) atoms. The maximum atomic E-state index is 13.5. The summed E-state index contributed by atoms with van der Waals surface area (Å²) in [7, 11) is 0. The standard InChI is InChI=1S/C22H20FN3O3/c1-3-12-25-17-6-5-7-18(27)19(17)20(14-8-10-15(23)11-9-14)26-21(25)16(13-24-26)22(28)29-4-2/h1,8-11,13,20H,4-7,12H2,2H3. The third-order valence-electron chi connectivity index (χ3n) is 5.23. The highest BCUT2D eigenvalue weighted by Crippen LogP contribution is 2.44. The number of aromatic nitrogens is 2. The summed E-state index contributed by atoms with van der Waals surface area (Å²) in [5, 5.41) is 4.42. The Labute approximate surface area is 167 Å². The Morgan fingerprint density at radius 2 is 2.10 bits per heavy atom. The van der Waals surface area contributed by atoms with Crippen molar-refractivity contribution in [1.82, 2.24) is 9.78 Å². The van der Waals surface area contributed by atoms with Crippen LogP contribution in [0.1, 0.15) is 48.1 Å². The molecule has 2 aliphatic rings. The molecule has 6 nitrogen and oxygen atoms in total. The van der Waals surface area contributed by atoms with Crippen LogP contribution in [0, 0.1) is 18.2 Å². The lowest BCUT2D eigenvalue weighted by molar-refractivity contribution is -0.116. The third kappa shape index (κ3) is 3.11. The Kier molecular flexibility index (Phi) is 4.93. The lowest BCUT2D eigenvalue weighted by Gasteiger charge is -2.39. The van der Waals surface area contributed by atoms with Gasteiger partial charge in [-0.2, -0.15) is 5.10 Å². The van der Waals surface area contributed by atoms with Gasteiger partial charge in [-0.15, -0.1) is 6.42 Å². The van der Waals surface area contributed by atoms with Gasteiger partial charge in [0.1, 0.15) is 23.2 Å². The first-order chi connectivity index (χ1) is 14.1. The number of hydrogen-bond acceptors (Lipinski definition) is 5. The molecule has 4 rings (SSSR count). The molecule has 7 heteroatoms. The Morgan fingerprint density at radius 1 is 1.34 bits per heavy atom. The van der Waals surface area contributed by atoms with E-state index in [1.807, 2.05) is 4.90 Å². The van der Waals surface area contributed by atoms with Gasteiger partial charge in [-0.05, 0) is 37.5 Å². The van der Waals surface area contributed by atoms with Crippen LogP contribution in [0.4, 0.5) is 10.2 Å². The maximum Gasteiger partial charge on any atom is 0.343 e. The average molecular weight is 393 g/mol. The van der Waals surface area contributed by atoms with E-state index in [-0.39, 0.29) is 24.8 Å². The van der Waals surface area contributed by atoms with Crippen molar-refractivity contribution in [2.75, 3.05) is 18.1 Å². The summed E-state index contributed by atoms with van der Waals surface area (Å²) in [5.74, 6) is 2.27. The monoisotopic (exact) mass is 393 g/mol. The molecule has 2 aromatic rings. The van der Waals surface area contributed by atoms with Gasteiger partial charge in [0.2, 0.25) is 0 Å². The van der Waals surface area contributed by atoms with E-state index < -0.39 is 12.0 Å². The zero-order valence-electron chi connectivity index (χ0n) is 16.0. The van der Waals surface area contributed by atoms with Gasteiger partial charge in [-0.1, -0.05) is 18.1 Å². The molecule has 1 aromatic carbocycles. The van der Waals surface area contributed by atoms with E-state index in [1.54, 1.807) is 23.7 Å². The number of carbonyl (C=O) groups excluding carboxylic acids is 2. The largest absolute Gasteiger partial charge is 0.462 e. The van der Waals surface area contributed by atoms with Crippen molar-refractivity contribution in [3.05, 3.63) is 58.7 Å². The number of halogens is 1. The topological polar surface area (TPSA) is 64.4 Å². The predicted molar refractivity (Wildman–Crippen MR) is 105 cm³/mol. The number of esters is 1. The van der Waals surface area contributed by atoms with Crippen LogP contribution in [0.5, 0.6) is 0 Å². The molecule has 0 fully saturated rings. The number of ketones is 1. The second-order valence-corrected chi connectivity index (χ2v) is 6.93. The summed E-state index contributed by atoms with van der Waals surface area (Å²) in [6.45, 7) is 2.15. The van der Waals surface area contributed by atoms with Crippen LogP contribution in [-0.2, 0) is 9.53 Å². The quantitative estimate of drug-likeness (QED) is 0.589. The van der Waals surface area contributed by atoms with Gasteiger partial charge >= 0.3 is 5.97 Å². The Hall–Kier alpha value is -3.40. The first kappa shape index (κ1) is 18.9. The molecule has 0 spiro atoms. The van der Waals surface area contributed by atoms with E-state index in [0.29, 0.717) is 41.8 Å². The molecule has 1 atom stereocenters. The number of nitrogens with zero attached hydrogens (tertiary/aromatic N) is 3.